The summed E-state index contributed by atoms with van der Waals surface area (Å²) in [6, 6.07) is -0.284. The first-order valence-electron chi connectivity index (χ1n) is 5.44. The van der Waals surface area contributed by atoms with Crippen LogP contribution in [-0.2, 0) is 15.6 Å². The normalized spacial score (nSPS) is 17.9. The zero-order valence-electron chi connectivity index (χ0n) is 10.1. The number of hydrogen-bond donors (Lipinski definition) is 2. The van der Waals surface area contributed by atoms with Crippen molar-refractivity contribution in [2.45, 2.75) is 25.8 Å². The first-order valence-corrected chi connectivity index (χ1v) is 6.93. The Morgan fingerprint density at radius 1 is 1.35 bits per heavy atom. The van der Waals surface area contributed by atoms with E-state index in [9.17, 15) is 13.8 Å². The number of nitrogens with zero attached hydrogens (tertiary/aromatic N) is 1. The Labute approximate surface area is 103 Å². The number of carbonyl (C=O) groups is 2. The van der Waals surface area contributed by atoms with Gasteiger partial charge in [0, 0.05) is 40.9 Å². The third kappa shape index (κ3) is 4.72. The molecular weight excluding hydrogens is 244 g/mol. The molecule has 0 saturated carbocycles. The molecule has 1 heterocycles. The largest absolute Gasteiger partial charge is 0.481 e. The van der Waals surface area contributed by atoms with Gasteiger partial charge in [0.15, 0.2) is 0 Å². The predicted molar refractivity (Wildman–Crippen MR) is 64.3 cm³/mol. The van der Waals surface area contributed by atoms with Gasteiger partial charge in [-0.25, -0.2) is 4.79 Å². The van der Waals surface area contributed by atoms with Crippen molar-refractivity contribution in [1.82, 2.24) is 10.2 Å². The van der Waals surface area contributed by atoms with Crippen molar-refractivity contribution in [3.63, 3.8) is 0 Å². The van der Waals surface area contributed by atoms with Gasteiger partial charge in [-0.3, -0.25) is 9.00 Å². The summed E-state index contributed by atoms with van der Waals surface area (Å²) in [7, 11) is -0.825. The van der Waals surface area contributed by atoms with Gasteiger partial charge in [-0.15, -0.1) is 0 Å². The van der Waals surface area contributed by atoms with Gasteiger partial charge >= 0.3 is 12.0 Å². The lowest BCUT2D eigenvalue weighted by atomic mass is 10.0. The summed E-state index contributed by atoms with van der Waals surface area (Å²) in [5.41, 5.74) is -0.778. The lowest BCUT2D eigenvalue weighted by Crippen LogP contribution is -2.53. The minimum atomic E-state index is -0.949. The maximum atomic E-state index is 11.8. The fourth-order valence-electron chi connectivity index (χ4n) is 1.63. The quantitative estimate of drug-likeness (QED) is 0.750. The van der Waals surface area contributed by atoms with Crippen LogP contribution in [0.25, 0.3) is 0 Å². The predicted octanol–water partition coefficient (Wildman–Crippen LogP) is 0.0136. The number of carboxylic acids is 1. The van der Waals surface area contributed by atoms with Crippen LogP contribution in [0.2, 0.25) is 0 Å². The second-order valence-electron chi connectivity index (χ2n) is 4.72. The van der Waals surface area contributed by atoms with Gasteiger partial charge in [0.1, 0.15) is 0 Å². The SMILES string of the molecule is CC(C)(CC(=O)O)NC(=O)N1CCS(=O)CC1. The average Bonchev–Trinajstić information content (AvgIpc) is 2.15. The molecule has 2 amide bonds. The second-order valence-corrected chi connectivity index (χ2v) is 6.42. The highest BCUT2D eigenvalue weighted by atomic mass is 32.2. The van der Waals surface area contributed by atoms with Crippen molar-refractivity contribution < 1.29 is 18.9 Å². The van der Waals surface area contributed by atoms with Gasteiger partial charge in [0.25, 0.3) is 0 Å². The summed E-state index contributed by atoms with van der Waals surface area (Å²) in [5, 5.41) is 11.4. The number of aliphatic carboxylic acids is 1. The molecule has 0 aromatic carbocycles. The molecule has 0 spiro atoms. The number of amides is 2. The third-order valence-electron chi connectivity index (χ3n) is 2.50. The Balaban J connectivity index is 2.48. The van der Waals surface area contributed by atoms with E-state index >= 15 is 0 Å². The molecular formula is C10H18N2O4S. The van der Waals surface area contributed by atoms with Crippen molar-refractivity contribution >= 4 is 22.8 Å². The van der Waals surface area contributed by atoms with Gasteiger partial charge in [-0.1, -0.05) is 0 Å². The monoisotopic (exact) mass is 262 g/mol. The fraction of sp³-hybridized carbons (Fsp3) is 0.800. The maximum absolute atomic E-state index is 11.8. The number of nitrogens with one attached hydrogen (secondary N) is 1. The first-order chi connectivity index (χ1) is 7.80. The molecule has 0 atom stereocenters. The number of urea groups is 1. The van der Waals surface area contributed by atoms with E-state index in [0.717, 1.165) is 0 Å². The van der Waals surface area contributed by atoms with E-state index in [4.69, 9.17) is 5.11 Å². The molecule has 1 fully saturated rings. The van der Waals surface area contributed by atoms with Crippen LogP contribution < -0.4 is 5.32 Å². The molecule has 17 heavy (non-hydrogen) atoms. The molecule has 1 saturated heterocycles. The van der Waals surface area contributed by atoms with Gasteiger partial charge in [0.05, 0.1) is 6.42 Å². The highest BCUT2D eigenvalue weighted by Crippen LogP contribution is 2.10. The van der Waals surface area contributed by atoms with Crippen molar-refractivity contribution in [2.75, 3.05) is 24.6 Å². The molecule has 0 bridgehead atoms. The van der Waals surface area contributed by atoms with E-state index in [2.05, 4.69) is 5.32 Å². The number of rotatable bonds is 3. The summed E-state index contributed by atoms with van der Waals surface area (Å²) in [4.78, 5) is 24.0. The van der Waals surface area contributed by atoms with E-state index in [1.807, 2.05) is 0 Å². The van der Waals surface area contributed by atoms with Crippen LogP contribution in [0.1, 0.15) is 20.3 Å². The number of carbonyl (C=O) groups excluding carboxylic acids is 1. The van der Waals surface area contributed by atoms with Crippen LogP contribution >= 0.6 is 0 Å². The van der Waals surface area contributed by atoms with E-state index in [1.165, 1.54) is 0 Å². The zero-order chi connectivity index (χ0) is 13.1. The highest BCUT2D eigenvalue weighted by Gasteiger charge is 2.27. The Morgan fingerprint density at radius 2 is 1.88 bits per heavy atom. The lowest BCUT2D eigenvalue weighted by Gasteiger charge is -2.31. The van der Waals surface area contributed by atoms with Crippen LogP contribution in [0.5, 0.6) is 0 Å². The van der Waals surface area contributed by atoms with Crippen molar-refractivity contribution in [2.24, 2.45) is 0 Å². The van der Waals surface area contributed by atoms with Crippen LogP contribution in [0.15, 0.2) is 0 Å². The van der Waals surface area contributed by atoms with Crippen molar-refractivity contribution in [1.29, 1.82) is 0 Å². The topological polar surface area (TPSA) is 86.7 Å². The van der Waals surface area contributed by atoms with Crippen LogP contribution in [0.3, 0.4) is 0 Å². The fourth-order valence-corrected chi connectivity index (χ4v) is 2.68. The molecule has 0 radical (unpaired) electrons. The summed E-state index contributed by atoms with van der Waals surface area (Å²) in [6.45, 7) is 4.26. The summed E-state index contributed by atoms with van der Waals surface area (Å²) < 4.78 is 11.1. The minimum absolute atomic E-state index is 0.126. The number of hydrogen-bond acceptors (Lipinski definition) is 3. The highest BCUT2D eigenvalue weighted by molar-refractivity contribution is 7.85. The zero-order valence-corrected chi connectivity index (χ0v) is 10.9. The Hall–Kier alpha value is -1.11. The average molecular weight is 262 g/mol. The molecule has 1 rings (SSSR count). The van der Waals surface area contributed by atoms with E-state index in [0.29, 0.717) is 24.6 Å². The third-order valence-corrected chi connectivity index (χ3v) is 3.78. The van der Waals surface area contributed by atoms with E-state index < -0.39 is 22.3 Å². The summed E-state index contributed by atoms with van der Waals surface area (Å²) in [5.74, 6) is 0.0366. The molecule has 1 aliphatic rings. The maximum Gasteiger partial charge on any atom is 0.317 e. The Kier molecular flexibility index (Phi) is 4.50. The molecule has 0 aromatic rings. The second kappa shape index (κ2) is 5.48. The molecule has 0 aliphatic carbocycles. The van der Waals surface area contributed by atoms with Gasteiger partial charge in [0.2, 0.25) is 0 Å². The summed E-state index contributed by atoms with van der Waals surface area (Å²) in [6.07, 6.45) is -0.126. The first kappa shape index (κ1) is 14.0. The number of carboxylic acid groups (broad SMARTS) is 1. The molecule has 0 aromatic heterocycles. The molecule has 2 N–H and O–H groups in total. The molecule has 98 valence electrons. The van der Waals surface area contributed by atoms with Crippen LogP contribution in [0.4, 0.5) is 4.79 Å². The molecule has 1 aliphatic heterocycles. The van der Waals surface area contributed by atoms with Crippen LogP contribution in [0, 0.1) is 0 Å². The minimum Gasteiger partial charge on any atom is -0.481 e. The van der Waals surface area contributed by atoms with Gasteiger partial charge < -0.3 is 15.3 Å². The lowest BCUT2D eigenvalue weighted by molar-refractivity contribution is -0.138. The summed E-state index contributed by atoms with van der Waals surface area (Å²) >= 11 is 0. The Morgan fingerprint density at radius 3 is 2.35 bits per heavy atom. The molecule has 6 nitrogen and oxygen atoms in total. The van der Waals surface area contributed by atoms with Crippen molar-refractivity contribution in [3.05, 3.63) is 0 Å². The van der Waals surface area contributed by atoms with E-state index in [1.54, 1.807) is 18.7 Å². The van der Waals surface area contributed by atoms with Crippen molar-refractivity contribution in [3.8, 4) is 0 Å². The van der Waals surface area contributed by atoms with E-state index in [-0.39, 0.29) is 12.5 Å². The molecule has 7 heteroatoms. The van der Waals surface area contributed by atoms with Gasteiger partial charge in [-0.05, 0) is 13.8 Å². The Bertz CT molecular complexity index is 333. The standard InChI is InChI=1S/C10H18N2O4S/c1-10(2,7-8(13)14)11-9(15)12-3-5-17(16)6-4-12/h3-7H2,1-2H3,(H,11,15)(H,13,14). The van der Waals surface area contributed by atoms with Gasteiger partial charge in [-0.2, -0.15) is 0 Å². The molecule has 0 unspecified atom stereocenters. The van der Waals surface area contributed by atoms with Crippen LogP contribution in [-0.4, -0.2) is 56.3 Å². The smallest absolute Gasteiger partial charge is 0.317 e.